The van der Waals surface area contributed by atoms with E-state index in [0.29, 0.717) is 35.8 Å². The molecular weight excluding hydrogens is 469 g/mol. The van der Waals surface area contributed by atoms with Crippen LogP contribution in [0.3, 0.4) is 0 Å². The molecule has 1 amide bonds. The van der Waals surface area contributed by atoms with Gasteiger partial charge in [-0.25, -0.2) is 4.39 Å². The van der Waals surface area contributed by atoms with E-state index in [1.807, 2.05) is 0 Å². The number of ether oxygens (including phenoxy) is 2. The Morgan fingerprint density at radius 1 is 0.944 bits per heavy atom. The van der Waals surface area contributed by atoms with Crippen molar-refractivity contribution >= 4 is 23.1 Å². The minimum absolute atomic E-state index is 0.0606. The number of carbonyl (C=O) groups is 2. The summed E-state index contributed by atoms with van der Waals surface area (Å²) < 4.78 is 25.6. The summed E-state index contributed by atoms with van der Waals surface area (Å²) in [7, 11) is 1.54. The highest BCUT2D eigenvalue weighted by molar-refractivity contribution is 5.98. The molecule has 4 rings (SSSR count). The number of carbonyl (C=O) groups excluding carboxylic acids is 2. The van der Waals surface area contributed by atoms with E-state index in [1.54, 1.807) is 46.2 Å². The number of nitro benzene ring substituents is 1. The maximum atomic E-state index is 14.6. The van der Waals surface area contributed by atoms with E-state index >= 15 is 0 Å². The highest BCUT2D eigenvalue weighted by Gasteiger charge is 2.27. The first-order valence-electron chi connectivity index (χ1n) is 11.2. The SMILES string of the molecule is COc1ccc(Oc2ccc([N+](=O)[O-])cc2C(=O)N2CCN(c3ccc(C(C)=O)cc3F)CC2)cc1. The fourth-order valence-corrected chi connectivity index (χ4v) is 3.96. The molecule has 1 saturated heterocycles. The van der Waals surface area contributed by atoms with Gasteiger partial charge in [-0.3, -0.25) is 19.7 Å². The van der Waals surface area contributed by atoms with Crippen molar-refractivity contribution in [2.75, 3.05) is 38.2 Å². The van der Waals surface area contributed by atoms with Gasteiger partial charge in [0.2, 0.25) is 0 Å². The summed E-state index contributed by atoms with van der Waals surface area (Å²) in [4.78, 5) is 39.0. The summed E-state index contributed by atoms with van der Waals surface area (Å²) in [5.41, 5.74) is 0.475. The zero-order valence-electron chi connectivity index (χ0n) is 19.8. The lowest BCUT2D eigenvalue weighted by atomic mass is 10.1. The first-order chi connectivity index (χ1) is 17.3. The zero-order valence-corrected chi connectivity index (χ0v) is 19.8. The largest absolute Gasteiger partial charge is 0.497 e. The molecule has 0 N–H and O–H groups in total. The van der Waals surface area contributed by atoms with Gasteiger partial charge in [0.1, 0.15) is 23.1 Å². The third-order valence-electron chi connectivity index (χ3n) is 5.95. The zero-order chi connectivity index (χ0) is 25.8. The van der Waals surface area contributed by atoms with E-state index in [2.05, 4.69) is 0 Å². The lowest BCUT2D eigenvalue weighted by Crippen LogP contribution is -2.49. The molecule has 3 aromatic carbocycles. The number of amides is 1. The second kappa shape index (κ2) is 10.4. The molecule has 10 heteroatoms. The van der Waals surface area contributed by atoms with Crippen LogP contribution in [-0.2, 0) is 0 Å². The Kier molecular flexibility index (Phi) is 7.14. The van der Waals surface area contributed by atoms with Gasteiger partial charge in [-0.1, -0.05) is 0 Å². The number of benzene rings is 3. The van der Waals surface area contributed by atoms with Crippen molar-refractivity contribution in [2.24, 2.45) is 0 Å². The smallest absolute Gasteiger partial charge is 0.270 e. The number of halogens is 1. The molecule has 186 valence electrons. The van der Waals surface area contributed by atoms with Gasteiger partial charge in [0.25, 0.3) is 11.6 Å². The molecule has 1 aliphatic rings. The van der Waals surface area contributed by atoms with Crippen molar-refractivity contribution in [3.05, 3.63) is 87.7 Å². The molecule has 0 aliphatic carbocycles. The Morgan fingerprint density at radius 3 is 2.19 bits per heavy atom. The standard InChI is InChI=1S/C26H24FN3O6/c1-17(31)18-3-9-24(23(27)15-18)28-11-13-29(14-12-28)26(32)22-16-19(30(33)34)4-10-25(22)36-21-7-5-20(35-2)6-8-21/h3-10,15-16H,11-14H2,1-2H3. The average Bonchev–Trinajstić information content (AvgIpc) is 2.89. The average molecular weight is 493 g/mol. The Bertz CT molecular complexity index is 1300. The number of non-ortho nitro benzene ring substituents is 1. The van der Waals surface area contributed by atoms with E-state index in [9.17, 15) is 24.1 Å². The van der Waals surface area contributed by atoms with Gasteiger partial charge in [-0.05, 0) is 55.5 Å². The van der Waals surface area contributed by atoms with Crippen LogP contribution in [0, 0.1) is 15.9 Å². The number of hydrogen-bond donors (Lipinski definition) is 0. The van der Waals surface area contributed by atoms with Crippen molar-refractivity contribution < 1.29 is 28.4 Å². The van der Waals surface area contributed by atoms with Crippen LogP contribution in [0.25, 0.3) is 0 Å². The lowest BCUT2D eigenvalue weighted by Gasteiger charge is -2.36. The molecule has 9 nitrogen and oxygen atoms in total. The molecular formula is C26H24FN3O6. The third-order valence-corrected chi connectivity index (χ3v) is 5.95. The van der Waals surface area contributed by atoms with Crippen molar-refractivity contribution in [3.8, 4) is 17.2 Å². The number of methoxy groups -OCH3 is 1. The second-order valence-electron chi connectivity index (χ2n) is 8.22. The maximum absolute atomic E-state index is 14.6. The monoisotopic (exact) mass is 493 g/mol. The van der Waals surface area contributed by atoms with Gasteiger partial charge in [0.05, 0.1) is 23.3 Å². The molecule has 3 aromatic rings. The van der Waals surface area contributed by atoms with Crippen LogP contribution in [0.2, 0.25) is 0 Å². The van der Waals surface area contributed by atoms with Crippen molar-refractivity contribution in [2.45, 2.75) is 6.92 Å². The van der Waals surface area contributed by atoms with Crippen LogP contribution < -0.4 is 14.4 Å². The number of Topliss-reactive ketones (excluding diaryl/α,β-unsaturated/α-hetero) is 1. The van der Waals surface area contributed by atoms with Gasteiger partial charge < -0.3 is 19.3 Å². The van der Waals surface area contributed by atoms with Gasteiger partial charge in [-0.2, -0.15) is 0 Å². The number of anilines is 1. The summed E-state index contributed by atoms with van der Waals surface area (Å²) in [5, 5.41) is 11.4. The Labute approximate surface area is 206 Å². The van der Waals surface area contributed by atoms with Crippen molar-refractivity contribution in [3.63, 3.8) is 0 Å². The molecule has 0 radical (unpaired) electrons. The molecule has 1 fully saturated rings. The predicted molar refractivity (Wildman–Crippen MR) is 131 cm³/mol. The topological polar surface area (TPSA) is 102 Å². The van der Waals surface area contributed by atoms with E-state index in [-0.39, 0.29) is 35.9 Å². The van der Waals surface area contributed by atoms with Crippen LogP contribution in [0.4, 0.5) is 15.8 Å². The van der Waals surface area contributed by atoms with Crippen molar-refractivity contribution in [1.29, 1.82) is 0 Å². The van der Waals surface area contributed by atoms with Gasteiger partial charge >= 0.3 is 0 Å². The van der Waals surface area contributed by atoms with Crippen LogP contribution in [0.1, 0.15) is 27.6 Å². The van der Waals surface area contributed by atoms with Gasteiger partial charge in [0.15, 0.2) is 5.78 Å². The minimum atomic E-state index is -0.570. The summed E-state index contributed by atoms with van der Waals surface area (Å²) >= 11 is 0. The number of ketones is 1. The highest BCUT2D eigenvalue weighted by Crippen LogP contribution is 2.31. The van der Waals surface area contributed by atoms with Crippen molar-refractivity contribution in [1.82, 2.24) is 4.90 Å². The highest BCUT2D eigenvalue weighted by atomic mass is 19.1. The first kappa shape index (κ1) is 24.6. The van der Waals surface area contributed by atoms with Crippen LogP contribution in [0.5, 0.6) is 17.2 Å². The molecule has 0 atom stereocenters. The first-order valence-corrected chi connectivity index (χ1v) is 11.2. The van der Waals surface area contributed by atoms with Gasteiger partial charge in [-0.15, -0.1) is 0 Å². The van der Waals surface area contributed by atoms with Crippen LogP contribution in [0.15, 0.2) is 60.7 Å². The Morgan fingerprint density at radius 2 is 1.61 bits per heavy atom. The second-order valence-corrected chi connectivity index (χ2v) is 8.22. The Balaban J connectivity index is 1.52. The van der Waals surface area contributed by atoms with E-state index < -0.39 is 16.6 Å². The summed E-state index contributed by atoms with van der Waals surface area (Å²) in [5.74, 6) is 0.107. The lowest BCUT2D eigenvalue weighted by molar-refractivity contribution is -0.384. The number of nitro groups is 1. The third kappa shape index (κ3) is 5.27. The fraction of sp³-hybridized carbons (Fsp3) is 0.231. The number of rotatable bonds is 7. The maximum Gasteiger partial charge on any atom is 0.270 e. The quantitative estimate of drug-likeness (QED) is 0.267. The summed E-state index contributed by atoms with van der Waals surface area (Å²) in [6.45, 7) is 2.63. The van der Waals surface area contributed by atoms with E-state index in [1.165, 1.54) is 38.3 Å². The molecule has 0 spiro atoms. The fourth-order valence-electron chi connectivity index (χ4n) is 3.96. The van der Waals surface area contributed by atoms with E-state index in [4.69, 9.17) is 9.47 Å². The van der Waals surface area contributed by atoms with Gasteiger partial charge in [0, 0.05) is 43.9 Å². The summed E-state index contributed by atoms with van der Waals surface area (Å²) in [6, 6.07) is 15.0. The van der Waals surface area contributed by atoms with Crippen LogP contribution >= 0.6 is 0 Å². The predicted octanol–water partition coefficient (Wildman–Crippen LogP) is 4.70. The molecule has 0 unspecified atom stereocenters. The molecule has 36 heavy (non-hydrogen) atoms. The summed E-state index contributed by atoms with van der Waals surface area (Å²) in [6.07, 6.45) is 0. The number of hydrogen-bond acceptors (Lipinski definition) is 7. The Hall–Kier alpha value is -4.47. The molecule has 1 heterocycles. The minimum Gasteiger partial charge on any atom is -0.497 e. The molecule has 1 aliphatic heterocycles. The number of piperazine rings is 1. The van der Waals surface area contributed by atoms with E-state index in [0.717, 1.165) is 0 Å². The normalized spacial score (nSPS) is 13.3. The molecule has 0 saturated carbocycles. The number of nitrogens with zero attached hydrogens (tertiary/aromatic N) is 3. The van der Waals surface area contributed by atoms with Crippen LogP contribution in [-0.4, -0.2) is 54.8 Å². The molecule has 0 aromatic heterocycles. The molecule has 0 bridgehead atoms.